The number of nitrogens with one attached hydrogen (secondary N) is 1. The van der Waals surface area contributed by atoms with Crippen LogP contribution in [0.25, 0.3) is 0 Å². The molecule has 2 aliphatic heterocycles. The van der Waals surface area contributed by atoms with E-state index >= 15 is 0 Å². The molecule has 1 aromatic rings. The van der Waals surface area contributed by atoms with Crippen LogP contribution in [0.5, 0.6) is 0 Å². The Morgan fingerprint density at radius 1 is 1.14 bits per heavy atom. The summed E-state index contributed by atoms with van der Waals surface area (Å²) in [4.78, 5) is 0. The maximum atomic E-state index is 14.1. The molecule has 116 valence electrons. The Balaban J connectivity index is 1.92. The number of hydrogen-bond acceptors (Lipinski definition) is 2. The van der Waals surface area contributed by atoms with Crippen LogP contribution in [0.1, 0.15) is 43.2 Å². The van der Waals surface area contributed by atoms with E-state index in [1.54, 1.807) is 0 Å². The van der Waals surface area contributed by atoms with Crippen LogP contribution in [-0.4, -0.2) is 17.2 Å². The van der Waals surface area contributed by atoms with Crippen LogP contribution in [0.2, 0.25) is 0 Å². The first-order chi connectivity index (χ1) is 9.78. The van der Waals surface area contributed by atoms with Crippen LogP contribution in [0.3, 0.4) is 0 Å². The van der Waals surface area contributed by atoms with Gasteiger partial charge in [-0.25, -0.2) is 4.39 Å². The number of rotatable bonds is 1. The third-order valence-electron chi connectivity index (χ3n) is 4.54. The number of aliphatic hydroxyl groups is 1. The summed E-state index contributed by atoms with van der Waals surface area (Å²) in [6.07, 6.45) is -1.03. The summed E-state index contributed by atoms with van der Waals surface area (Å²) in [6.45, 7) is 0. The molecule has 1 aromatic carbocycles. The lowest BCUT2D eigenvalue weighted by molar-refractivity contribution is -0.137. The van der Waals surface area contributed by atoms with Gasteiger partial charge in [-0.15, -0.1) is 0 Å². The number of alkyl halides is 3. The summed E-state index contributed by atoms with van der Waals surface area (Å²) in [5, 5.41) is 14.1. The van der Waals surface area contributed by atoms with E-state index in [4.69, 9.17) is 0 Å². The highest BCUT2D eigenvalue weighted by Crippen LogP contribution is 2.41. The third kappa shape index (κ3) is 2.79. The molecule has 2 heterocycles. The quantitative estimate of drug-likeness (QED) is 0.780. The molecule has 0 radical (unpaired) electrons. The molecular weight excluding hydrogens is 286 g/mol. The van der Waals surface area contributed by atoms with Crippen molar-refractivity contribution in [2.45, 2.75) is 56.0 Å². The average Bonchev–Trinajstić information content (AvgIpc) is 2.36. The average molecular weight is 303 g/mol. The monoisotopic (exact) mass is 303 g/mol. The van der Waals surface area contributed by atoms with Crippen molar-refractivity contribution < 1.29 is 22.7 Å². The van der Waals surface area contributed by atoms with Crippen molar-refractivity contribution in [3.05, 3.63) is 35.1 Å². The second-order valence-corrected chi connectivity index (χ2v) is 6.12. The predicted octanol–water partition coefficient (Wildman–Crippen LogP) is 3.34. The van der Waals surface area contributed by atoms with Crippen LogP contribution >= 0.6 is 0 Å². The van der Waals surface area contributed by atoms with E-state index < -0.39 is 23.2 Å². The second kappa shape index (κ2) is 4.95. The molecule has 0 spiro atoms. The Kier molecular flexibility index (Phi) is 3.48. The molecule has 2 N–H and O–H groups in total. The largest absolute Gasteiger partial charge is 0.416 e. The van der Waals surface area contributed by atoms with E-state index in [1.807, 2.05) is 0 Å². The Morgan fingerprint density at radius 2 is 1.76 bits per heavy atom. The zero-order valence-electron chi connectivity index (χ0n) is 11.4. The molecule has 3 rings (SSSR count). The van der Waals surface area contributed by atoms with Crippen LogP contribution in [0.4, 0.5) is 17.6 Å². The van der Waals surface area contributed by atoms with E-state index in [-0.39, 0.29) is 17.6 Å². The molecule has 2 aliphatic rings. The fraction of sp³-hybridized carbons (Fsp3) is 0.600. The van der Waals surface area contributed by atoms with Crippen molar-refractivity contribution in [1.29, 1.82) is 0 Å². The highest BCUT2D eigenvalue weighted by atomic mass is 19.4. The van der Waals surface area contributed by atoms with Gasteiger partial charge < -0.3 is 10.4 Å². The van der Waals surface area contributed by atoms with Gasteiger partial charge in [-0.1, -0.05) is 12.5 Å². The minimum atomic E-state index is -4.58. The second-order valence-electron chi connectivity index (χ2n) is 6.12. The Hall–Kier alpha value is -1.14. The molecule has 2 bridgehead atoms. The summed E-state index contributed by atoms with van der Waals surface area (Å²) in [5.74, 6) is -0.979. The number of hydrogen-bond donors (Lipinski definition) is 2. The molecule has 0 amide bonds. The minimum absolute atomic E-state index is 0.0195. The first-order valence-electron chi connectivity index (χ1n) is 7.14. The van der Waals surface area contributed by atoms with Gasteiger partial charge in [0.15, 0.2) is 0 Å². The Bertz CT molecular complexity index is 531. The number of halogens is 4. The summed E-state index contributed by atoms with van der Waals surface area (Å²) in [7, 11) is 0. The van der Waals surface area contributed by atoms with Gasteiger partial charge in [0.1, 0.15) is 5.82 Å². The minimum Gasteiger partial charge on any atom is -0.385 e. The first-order valence-corrected chi connectivity index (χ1v) is 7.14. The SMILES string of the molecule is OC1(c2ccc(C(F)(F)F)cc2F)CC2CCCC(C1)N2. The molecule has 21 heavy (non-hydrogen) atoms. The molecule has 6 heteroatoms. The molecule has 2 nitrogen and oxygen atoms in total. The van der Waals surface area contributed by atoms with Crippen LogP contribution in [0, 0.1) is 5.82 Å². The van der Waals surface area contributed by atoms with Crippen molar-refractivity contribution in [3.8, 4) is 0 Å². The van der Waals surface area contributed by atoms with Crippen LogP contribution in [-0.2, 0) is 11.8 Å². The van der Waals surface area contributed by atoms with Gasteiger partial charge in [-0.2, -0.15) is 13.2 Å². The van der Waals surface area contributed by atoms with E-state index in [1.165, 1.54) is 0 Å². The van der Waals surface area contributed by atoms with Gasteiger partial charge in [-0.3, -0.25) is 0 Å². The summed E-state index contributed by atoms with van der Waals surface area (Å²) in [5.41, 5.74) is -2.43. The van der Waals surface area contributed by atoms with Crippen LogP contribution in [0.15, 0.2) is 18.2 Å². The standard InChI is InChI=1S/C15H17F4NO/c16-13-6-9(15(17,18)19)4-5-12(13)14(21)7-10-2-1-3-11(8-14)20-10/h4-6,10-11,20-21H,1-3,7-8H2. The van der Waals surface area contributed by atoms with Crippen molar-refractivity contribution in [2.75, 3.05) is 0 Å². The number of fused-ring (bicyclic) bond motifs is 2. The number of piperidine rings is 2. The molecular formula is C15H17F4NO. The maximum absolute atomic E-state index is 14.1. The Morgan fingerprint density at radius 3 is 2.29 bits per heavy atom. The smallest absolute Gasteiger partial charge is 0.385 e. The van der Waals surface area contributed by atoms with E-state index in [0.29, 0.717) is 18.9 Å². The van der Waals surface area contributed by atoms with Gasteiger partial charge in [0.2, 0.25) is 0 Å². The maximum Gasteiger partial charge on any atom is 0.416 e. The fourth-order valence-electron chi connectivity index (χ4n) is 3.62. The van der Waals surface area contributed by atoms with Gasteiger partial charge in [-0.05, 0) is 37.8 Å². The van der Waals surface area contributed by atoms with Gasteiger partial charge in [0, 0.05) is 17.6 Å². The van der Waals surface area contributed by atoms with E-state index in [9.17, 15) is 22.7 Å². The lowest BCUT2D eigenvalue weighted by atomic mass is 9.73. The molecule has 0 aliphatic carbocycles. The molecule has 0 saturated carbocycles. The Labute approximate surface area is 120 Å². The molecule has 0 aromatic heterocycles. The van der Waals surface area contributed by atoms with Gasteiger partial charge in [0.25, 0.3) is 0 Å². The van der Waals surface area contributed by atoms with E-state index in [0.717, 1.165) is 31.4 Å². The number of benzene rings is 1. The summed E-state index contributed by atoms with van der Waals surface area (Å²) < 4.78 is 51.9. The fourth-order valence-corrected chi connectivity index (χ4v) is 3.62. The van der Waals surface area contributed by atoms with Crippen molar-refractivity contribution in [2.24, 2.45) is 0 Å². The molecule has 2 saturated heterocycles. The third-order valence-corrected chi connectivity index (χ3v) is 4.54. The van der Waals surface area contributed by atoms with Crippen molar-refractivity contribution in [3.63, 3.8) is 0 Å². The van der Waals surface area contributed by atoms with Gasteiger partial charge in [0.05, 0.1) is 11.2 Å². The highest BCUT2D eigenvalue weighted by Gasteiger charge is 2.43. The lowest BCUT2D eigenvalue weighted by Gasteiger charge is -2.45. The predicted molar refractivity (Wildman–Crippen MR) is 69.1 cm³/mol. The molecule has 2 fully saturated rings. The topological polar surface area (TPSA) is 32.3 Å². The van der Waals surface area contributed by atoms with Crippen molar-refractivity contribution in [1.82, 2.24) is 5.32 Å². The lowest BCUT2D eigenvalue weighted by Crippen LogP contribution is -2.54. The zero-order chi connectivity index (χ0) is 15.3. The van der Waals surface area contributed by atoms with Crippen LogP contribution < -0.4 is 5.32 Å². The zero-order valence-corrected chi connectivity index (χ0v) is 11.4. The van der Waals surface area contributed by atoms with Crippen molar-refractivity contribution >= 4 is 0 Å². The van der Waals surface area contributed by atoms with E-state index in [2.05, 4.69) is 5.32 Å². The molecule has 2 atom stereocenters. The summed E-state index contributed by atoms with van der Waals surface area (Å²) in [6, 6.07) is 2.60. The first kappa shape index (κ1) is 14.8. The van der Waals surface area contributed by atoms with Gasteiger partial charge >= 0.3 is 6.18 Å². The summed E-state index contributed by atoms with van der Waals surface area (Å²) >= 11 is 0. The highest BCUT2D eigenvalue weighted by molar-refractivity contribution is 5.31. The normalized spacial score (nSPS) is 33.0. The molecule has 2 unspecified atom stereocenters.